The van der Waals surface area contributed by atoms with Gasteiger partial charge in [0.1, 0.15) is 7.85 Å². The van der Waals surface area contributed by atoms with Gasteiger partial charge in [0.2, 0.25) is 0 Å². The highest BCUT2D eigenvalue weighted by Crippen LogP contribution is 2.26. The Morgan fingerprint density at radius 3 is 2.19 bits per heavy atom. The van der Waals surface area contributed by atoms with E-state index in [-0.39, 0.29) is 6.42 Å². The van der Waals surface area contributed by atoms with Gasteiger partial charge >= 0.3 is 0 Å². The summed E-state index contributed by atoms with van der Waals surface area (Å²) in [5, 5.41) is 12.1. The van der Waals surface area contributed by atoms with Crippen molar-refractivity contribution in [1.82, 2.24) is 5.32 Å². The minimum absolute atomic E-state index is 0.0296. The number of halogens is 1. The zero-order valence-corrected chi connectivity index (χ0v) is 9.83. The van der Waals surface area contributed by atoms with E-state index >= 15 is 0 Å². The van der Waals surface area contributed by atoms with Gasteiger partial charge in [-0.3, -0.25) is 0 Å². The third kappa shape index (κ3) is 3.58. The lowest BCUT2D eigenvalue weighted by Gasteiger charge is -2.35. The Labute approximate surface area is 105 Å². The highest BCUT2D eigenvalue weighted by Gasteiger charge is 2.29. The van der Waals surface area contributed by atoms with Gasteiger partial charge in [-0.2, -0.15) is 0 Å². The Bertz CT molecular complexity index is 354. The fourth-order valence-electron chi connectivity index (χ4n) is 1.37. The Balaban J connectivity index is 2.89. The largest absolute Gasteiger partial charge is 0.395 e. The van der Waals surface area contributed by atoms with E-state index < -0.39 is 10.8 Å². The molecule has 0 heterocycles. The van der Waals surface area contributed by atoms with Crippen LogP contribution in [0.4, 0.5) is 0 Å². The maximum Gasteiger partial charge on any atom is 0.120 e. The van der Waals surface area contributed by atoms with Crippen LogP contribution in [0.2, 0.25) is 5.02 Å². The maximum atomic E-state index is 10.1. The van der Waals surface area contributed by atoms with E-state index in [4.69, 9.17) is 35.1 Å². The lowest BCUT2D eigenvalue weighted by molar-refractivity contribution is 0.109. The van der Waals surface area contributed by atoms with Crippen LogP contribution in [0.3, 0.4) is 0 Å². The molecule has 1 rings (SSSR count). The van der Waals surface area contributed by atoms with E-state index in [2.05, 4.69) is 5.32 Å². The van der Waals surface area contributed by atoms with E-state index in [1.165, 1.54) is 0 Å². The fraction of sp³-hybridized carbons (Fsp3) is 0.400. The topological polar surface area (TPSA) is 32.3 Å². The van der Waals surface area contributed by atoms with Gasteiger partial charge in [-0.25, -0.2) is 0 Å². The van der Waals surface area contributed by atoms with E-state index in [9.17, 15) is 5.11 Å². The van der Waals surface area contributed by atoms with Gasteiger partial charge in [0.05, 0.1) is 15.7 Å². The van der Waals surface area contributed by atoms with E-state index in [1.807, 2.05) is 0 Å². The smallest absolute Gasteiger partial charge is 0.120 e. The first-order valence-electron chi connectivity index (χ1n) is 4.81. The van der Waals surface area contributed by atoms with Crippen LogP contribution < -0.4 is 5.32 Å². The molecule has 78 valence electrons. The summed E-state index contributed by atoms with van der Waals surface area (Å²) in [6.07, 6.45) is -0.0296. The number of aliphatic hydroxyl groups is 1. The molecule has 6 radical (unpaired) electrons. The zero-order chi connectivity index (χ0) is 12.4. The van der Waals surface area contributed by atoms with Crippen molar-refractivity contribution in [3.8, 4) is 0 Å². The van der Waals surface area contributed by atoms with Crippen molar-refractivity contribution in [2.45, 2.75) is 17.3 Å². The molecule has 0 spiro atoms. The molecule has 2 N–H and O–H groups in total. The van der Waals surface area contributed by atoms with Gasteiger partial charge in [0.25, 0.3) is 0 Å². The summed E-state index contributed by atoms with van der Waals surface area (Å²) >= 11 is 5.74. The molecule has 0 saturated carbocycles. The maximum absolute atomic E-state index is 10.1. The first kappa shape index (κ1) is 13.7. The van der Waals surface area contributed by atoms with Gasteiger partial charge in [-0.05, 0) is 31.2 Å². The van der Waals surface area contributed by atoms with Gasteiger partial charge in [0.15, 0.2) is 0 Å². The highest BCUT2D eigenvalue weighted by atomic mass is 35.5. The van der Waals surface area contributed by atoms with Crippen molar-refractivity contribution in [3.63, 3.8) is 0 Å². The third-order valence-electron chi connectivity index (χ3n) is 2.37. The molecule has 1 unspecified atom stereocenters. The lowest BCUT2D eigenvalue weighted by atomic mass is 9.53. The monoisotopic (exact) mass is 229 g/mol. The van der Waals surface area contributed by atoms with Crippen molar-refractivity contribution < 1.29 is 5.11 Å². The second-order valence-electron chi connectivity index (χ2n) is 3.90. The van der Waals surface area contributed by atoms with Crippen LogP contribution in [-0.4, -0.2) is 41.0 Å². The van der Waals surface area contributed by atoms with Crippen molar-refractivity contribution in [2.24, 2.45) is 0 Å². The standard InChI is InChI=1S/C10H11B3ClNO/c1-15-10(12,13)6-9(11,16)7-2-4-8(14)5-3-7/h2-5,15-16H,6H2,1H3. The van der Waals surface area contributed by atoms with Crippen LogP contribution in [-0.2, 0) is 5.50 Å². The molecule has 0 amide bonds. The van der Waals surface area contributed by atoms with Crippen LogP contribution in [0.5, 0.6) is 0 Å². The van der Waals surface area contributed by atoms with Crippen LogP contribution in [0.1, 0.15) is 12.0 Å². The van der Waals surface area contributed by atoms with E-state index in [1.54, 1.807) is 31.3 Å². The first-order valence-corrected chi connectivity index (χ1v) is 5.19. The van der Waals surface area contributed by atoms with Gasteiger partial charge in [0, 0.05) is 10.5 Å². The van der Waals surface area contributed by atoms with Crippen molar-refractivity contribution in [2.75, 3.05) is 7.05 Å². The fourth-order valence-corrected chi connectivity index (χ4v) is 1.50. The summed E-state index contributed by atoms with van der Waals surface area (Å²) in [5.41, 5.74) is -1.09. The quantitative estimate of drug-likeness (QED) is 0.725. The molecule has 0 aliphatic heterocycles. The summed E-state index contributed by atoms with van der Waals surface area (Å²) in [4.78, 5) is 0. The van der Waals surface area contributed by atoms with Gasteiger partial charge in [-0.1, -0.05) is 29.1 Å². The zero-order valence-electron chi connectivity index (χ0n) is 9.07. The van der Waals surface area contributed by atoms with Crippen molar-refractivity contribution >= 4 is 35.1 Å². The number of hydrogen-bond donors (Lipinski definition) is 2. The highest BCUT2D eigenvalue weighted by molar-refractivity contribution is 6.40. The molecule has 0 saturated heterocycles. The van der Waals surface area contributed by atoms with E-state index in [0.717, 1.165) is 0 Å². The van der Waals surface area contributed by atoms with Crippen LogP contribution in [0.25, 0.3) is 0 Å². The molecule has 0 aliphatic carbocycles. The normalized spacial score (nSPS) is 15.7. The molecular formula is C10H11B3ClNO. The van der Waals surface area contributed by atoms with Crippen LogP contribution in [0, 0.1) is 0 Å². The summed E-state index contributed by atoms with van der Waals surface area (Å²) < 4.78 is 0. The predicted molar refractivity (Wildman–Crippen MR) is 69.0 cm³/mol. The molecule has 6 heteroatoms. The number of hydrogen-bond acceptors (Lipinski definition) is 2. The molecule has 0 aromatic heterocycles. The molecule has 0 bridgehead atoms. The van der Waals surface area contributed by atoms with Gasteiger partial charge in [-0.15, -0.1) is 0 Å². The molecule has 1 atom stereocenters. The molecule has 1 aromatic carbocycles. The summed E-state index contributed by atoms with van der Waals surface area (Å²) in [6, 6.07) is 6.55. The molecule has 0 fully saturated rings. The second-order valence-corrected chi connectivity index (χ2v) is 4.33. The summed E-state index contributed by atoms with van der Waals surface area (Å²) in [7, 11) is 18.7. The van der Waals surface area contributed by atoms with Crippen molar-refractivity contribution in [3.05, 3.63) is 34.9 Å². The van der Waals surface area contributed by atoms with E-state index in [0.29, 0.717) is 10.6 Å². The Morgan fingerprint density at radius 1 is 1.25 bits per heavy atom. The second kappa shape index (κ2) is 4.86. The number of benzene rings is 1. The average Bonchev–Trinajstić information content (AvgIpc) is 2.17. The Kier molecular flexibility index (Phi) is 4.16. The molecule has 2 nitrogen and oxygen atoms in total. The van der Waals surface area contributed by atoms with Gasteiger partial charge < -0.3 is 10.4 Å². The predicted octanol–water partition coefficient (Wildman–Crippen LogP) is 0.254. The van der Waals surface area contributed by atoms with Crippen LogP contribution >= 0.6 is 11.6 Å². The minimum atomic E-state index is -1.60. The first-order chi connectivity index (χ1) is 7.27. The third-order valence-corrected chi connectivity index (χ3v) is 2.62. The molecule has 16 heavy (non-hydrogen) atoms. The molecule has 1 aromatic rings. The lowest BCUT2D eigenvalue weighted by Crippen LogP contribution is -2.50. The molecular weight excluding hydrogens is 218 g/mol. The average molecular weight is 229 g/mol. The SMILES string of the molecule is [B]C([B])(CC([B])(O)c1ccc(Cl)cc1)NC. The van der Waals surface area contributed by atoms with Crippen molar-refractivity contribution in [1.29, 1.82) is 0 Å². The number of rotatable bonds is 4. The van der Waals surface area contributed by atoms with Crippen LogP contribution in [0.15, 0.2) is 24.3 Å². The summed E-state index contributed by atoms with van der Waals surface area (Å²) in [5.74, 6) is 0. The number of nitrogens with one attached hydrogen (secondary N) is 1. The Hall–Kier alpha value is -0.375. The molecule has 0 aliphatic rings. The Morgan fingerprint density at radius 2 is 1.75 bits per heavy atom. The summed E-state index contributed by atoms with van der Waals surface area (Å²) in [6.45, 7) is 0. The minimum Gasteiger partial charge on any atom is -0.395 e.